The molecule has 0 bridgehead atoms. The lowest BCUT2D eigenvalue weighted by Gasteiger charge is -2.26. The van der Waals surface area contributed by atoms with Crippen molar-refractivity contribution >= 4 is 11.9 Å². The van der Waals surface area contributed by atoms with Gasteiger partial charge in [0.2, 0.25) is 0 Å². The van der Waals surface area contributed by atoms with E-state index < -0.39 is 5.54 Å². The molecule has 2 aliphatic rings. The molecule has 19 heavy (non-hydrogen) atoms. The second-order valence-corrected chi connectivity index (χ2v) is 5.66. The number of rotatable bonds is 6. The molecule has 0 aliphatic carbocycles. The van der Waals surface area contributed by atoms with Crippen LogP contribution in [0.4, 0.5) is 4.79 Å². The summed E-state index contributed by atoms with van der Waals surface area (Å²) in [4.78, 5) is 26.1. The van der Waals surface area contributed by atoms with E-state index in [4.69, 9.17) is 4.74 Å². The minimum absolute atomic E-state index is 0.0342. The maximum absolute atomic E-state index is 12.6. The Morgan fingerprint density at radius 2 is 2.00 bits per heavy atom. The highest BCUT2D eigenvalue weighted by Crippen LogP contribution is 2.29. The lowest BCUT2D eigenvalue weighted by Crippen LogP contribution is -2.47. The molecule has 2 heterocycles. The average Bonchev–Trinajstić information content (AvgIpc) is 2.94. The second kappa shape index (κ2) is 5.90. The third-order valence-corrected chi connectivity index (χ3v) is 4.06. The van der Waals surface area contributed by atoms with Crippen molar-refractivity contribution in [3.8, 4) is 0 Å². The van der Waals surface area contributed by atoms with Gasteiger partial charge in [-0.1, -0.05) is 26.7 Å². The predicted octanol–water partition coefficient (Wildman–Crippen LogP) is 1.91. The number of carbonyl (C=O) groups excluding carboxylic acids is 2. The van der Waals surface area contributed by atoms with Gasteiger partial charge >= 0.3 is 6.03 Å². The van der Waals surface area contributed by atoms with Crippen LogP contribution in [0.25, 0.3) is 0 Å². The number of nitrogens with zero attached hydrogens (tertiary/aromatic N) is 1. The summed E-state index contributed by atoms with van der Waals surface area (Å²) in [7, 11) is 0. The number of hydrogen-bond donors (Lipinski definition) is 1. The Bertz CT molecular complexity index is 345. The van der Waals surface area contributed by atoms with Crippen molar-refractivity contribution < 1.29 is 14.3 Å². The van der Waals surface area contributed by atoms with E-state index in [1.165, 1.54) is 4.90 Å². The van der Waals surface area contributed by atoms with Crippen molar-refractivity contribution in [2.75, 3.05) is 19.8 Å². The lowest BCUT2D eigenvalue weighted by molar-refractivity contribution is -0.132. The molecule has 1 atom stereocenters. The molecule has 108 valence electrons. The normalized spacial score (nSPS) is 26.0. The number of carbonyl (C=O) groups is 2. The molecule has 5 nitrogen and oxygen atoms in total. The topological polar surface area (TPSA) is 58.6 Å². The molecule has 0 spiro atoms. The fourth-order valence-corrected chi connectivity index (χ4v) is 3.14. The van der Waals surface area contributed by atoms with Crippen molar-refractivity contribution in [1.82, 2.24) is 10.2 Å². The van der Waals surface area contributed by atoms with Crippen molar-refractivity contribution in [2.45, 2.75) is 51.5 Å². The van der Waals surface area contributed by atoms with Gasteiger partial charge in [0.15, 0.2) is 0 Å². The number of imide groups is 1. The highest BCUT2D eigenvalue weighted by Gasteiger charge is 2.50. The van der Waals surface area contributed by atoms with Crippen LogP contribution in [0.1, 0.15) is 46.0 Å². The molecule has 5 heteroatoms. The summed E-state index contributed by atoms with van der Waals surface area (Å²) in [5, 5.41) is 2.94. The Hall–Kier alpha value is -1.10. The van der Waals surface area contributed by atoms with Gasteiger partial charge in [-0.3, -0.25) is 9.69 Å². The first-order valence-corrected chi connectivity index (χ1v) is 7.35. The molecule has 0 aromatic rings. The number of ether oxygens (including phenoxy) is 1. The van der Waals surface area contributed by atoms with Crippen LogP contribution in [0.3, 0.4) is 0 Å². The first kappa shape index (κ1) is 14.3. The SMILES string of the molecule is CCCC1(CCC)NC(=O)N(CC2CCOC2)C1=O. The van der Waals surface area contributed by atoms with Gasteiger partial charge in [-0.25, -0.2) is 4.79 Å². The van der Waals surface area contributed by atoms with Gasteiger partial charge in [-0.05, 0) is 19.3 Å². The Morgan fingerprint density at radius 3 is 2.53 bits per heavy atom. The molecule has 2 saturated heterocycles. The van der Waals surface area contributed by atoms with E-state index in [9.17, 15) is 9.59 Å². The lowest BCUT2D eigenvalue weighted by atomic mass is 9.88. The minimum Gasteiger partial charge on any atom is -0.381 e. The van der Waals surface area contributed by atoms with Crippen LogP contribution in [0.2, 0.25) is 0 Å². The average molecular weight is 268 g/mol. The quantitative estimate of drug-likeness (QED) is 0.749. The zero-order valence-electron chi connectivity index (χ0n) is 11.9. The number of urea groups is 1. The third-order valence-electron chi connectivity index (χ3n) is 4.06. The van der Waals surface area contributed by atoms with E-state index >= 15 is 0 Å². The van der Waals surface area contributed by atoms with Crippen LogP contribution in [-0.4, -0.2) is 42.1 Å². The van der Waals surface area contributed by atoms with E-state index in [0.29, 0.717) is 19.1 Å². The molecule has 2 rings (SSSR count). The van der Waals surface area contributed by atoms with Crippen molar-refractivity contribution in [1.29, 1.82) is 0 Å². The fraction of sp³-hybridized carbons (Fsp3) is 0.857. The van der Waals surface area contributed by atoms with Gasteiger partial charge in [0.1, 0.15) is 5.54 Å². The standard InChI is InChI=1S/C14H24N2O3/c1-3-6-14(7-4-2)12(17)16(13(18)15-14)9-11-5-8-19-10-11/h11H,3-10H2,1-2H3,(H,15,18). The fourth-order valence-electron chi connectivity index (χ4n) is 3.14. The molecule has 0 saturated carbocycles. The van der Waals surface area contributed by atoms with Crippen LogP contribution in [-0.2, 0) is 9.53 Å². The van der Waals surface area contributed by atoms with Gasteiger partial charge in [0, 0.05) is 19.1 Å². The molecule has 3 amide bonds. The highest BCUT2D eigenvalue weighted by molar-refractivity contribution is 6.07. The van der Waals surface area contributed by atoms with Crippen LogP contribution in [0.15, 0.2) is 0 Å². The Kier molecular flexibility index (Phi) is 4.45. The number of hydrogen-bond acceptors (Lipinski definition) is 3. The maximum Gasteiger partial charge on any atom is 0.325 e. The Balaban J connectivity index is 2.08. The first-order valence-electron chi connectivity index (χ1n) is 7.35. The molecule has 0 aromatic heterocycles. The molecule has 0 aromatic carbocycles. The van der Waals surface area contributed by atoms with E-state index in [-0.39, 0.29) is 11.9 Å². The molecule has 0 radical (unpaired) electrons. The summed E-state index contributed by atoms with van der Waals surface area (Å²) in [5.41, 5.74) is -0.653. The highest BCUT2D eigenvalue weighted by atomic mass is 16.5. The van der Waals surface area contributed by atoms with E-state index in [1.807, 2.05) is 13.8 Å². The minimum atomic E-state index is -0.653. The summed E-state index contributed by atoms with van der Waals surface area (Å²) in [6, 6.07) is -0.223. The zero-order valence-corrected chi connectivity index (χ0v) is 11.9. The van der Waals surface area contributed by atoms with Crippen molar-refractivity contribution in [3.05, 3.63) is 0 Å². The Labute approximate surface area is 114 Å². The van der Waals surface area contributed by atoms with Gasteiger partial charge in [-0.15, -0.1) is 0 Å². The maximum atomic E-state index is 12.6. The molecular formula is C14H24N2O3. The summed E-state index contributed by atoms with van der Waals surface area (Å²) in [6.45, 7) is 5.99. The third kappa shape index (κ3) is 2.76. The van der Waals surface area contributed by atoms with Crippen molar-refractivity contribution in [3.63, 3.8) is 0 Å². The van der Waals surface area contributed by atoms with E-state index in [2.05, 4.69) is 5.32 Å². The van der Waals surface area contributed by atoms with Crippen LogP contribution in [0.5, 0.6) is 0 Å². The molecule has 1 unspecified atom stereocenters. The number of amides is 3. The Morgan fingerprint density at radius 1 is 1.32 bits per heavy atom. The molecule has 1 N–H and O–H groups in total. The molecule has 2 fully saturated rings. The van der Waals surface area contributed by atoms with Crippen LogP contribution in [0, 0.1) is 5.92 Å². The monoisotopic (exact) mass is 268 g/mol. The smallest absolute Gasteiger partial charge is 0.325 e. The van der Waals surface area contributed by atoms with Gasteiger partial charge in [-0.2, -0.15) is 0 Å². The molecule has 2 aliphatic heterocycles. The van der Waals surface area contributed by atoms with Crippen molar-refractivity contribution in [2.24, 2.45) is 5.92 Å². The van der Waals surface area contributed by atoms with Gasteiger partial charge < -0.3 is 10.1 Å². The largest absolute Gasteiger partial charge is 0.381 e. The first-order chi connectivity index (χ1) is 9.13. The zero-order chi connectivity index (χ0) is 13.9. The van der Waals surface area contributed by atoms with Crippen LogP contribution >= 0.6 is 0 Å². The second-order valence-electron chi connectivity index (χ2n) is 5.66. The van der Waals surface area contributed by atoms with E-state index in [1.54, 1.807) is 0 Å². The summed E-state index contributed by atoms with van der Waals surface area (Å²) >= 11 is 0. The van der Waals surface area contributed by atoms with E-state index in [0.717, 1.165) is 38.7 Å². The van der Waals surface area contributed by atoms with Crippen LogP contribution < -0.4 is 5.32 Å². The summed E-state index contributed by atoms with van der Waals surface area (Å²) < 4.78 is 5.32. The number of nitrogens with one attached hydrogen (secondary N) is 1. The van der Waals surface area contributed by atoms with Gasteiger partial charge in [0.25, 0.3) is 5.91 Å². The summed E-state index contributed by atoms with van der Waals surface area (Å²) in [5.74, 6) is 0.266. The van der Waals surface area contributed by atoms with Gasteiger partial charge in [0.05, 0.1) is 6.61 Å². The summed E-state index contributed by atoms with van der Waals surface area (Å²) in [6.07, 6.45) is 4.18. The molecular weight excluding hydrogens is 244 g/mol. The predicted molar refractivity (Wildman–Crippen MR) is 71.7 cm³/mol.